The van der Waals surface area contributed by atoms with E-state index in [-0.39, 0.29) is 18.1 Å². The van der Waals surface area contributed by atoms with Gasteiger partial charge in [-0.1, -0.05) is 40.2 Å². The van der Waals surface area contributed by atoms with Crippen LogP contribution in [-0.2, 0) is 11.3 Å². The van der Waals surface area contributed by atoms with E-state index in [4.69, 9.17) is 0 Å². The van der Waals surface area contributed by atoms with Gasteiger partial charge < -0.3 is 5.32 Å². The van der Waals surface area contributed by atoms with E-state index in [1.807, 2.05) is 0 Å². The minimum atomic E-state index is -0.434. The van der Waals surface area contributed by atoms with Gasteiger partial charge in [-0.3, -0.25) is 14.6 Å². The lowest BCUT2D eigenvalue weighted by Crippen LogP contribution is -2.48. The molecule has 26 heavy (non-hydrogen) atoms. The number of halogens is 2. The summed E-state index contributed by atoms with van der Waals surface area (Å²) in [5, 5.41) is 2.65. The van der Waals surface area contributed by atoms with Crippen LogP contribution in [0.15, 0.2) is 46.9 Å². The molecule has 0 aliphatic carbocycles. The Bertz CT molecular complexity index is 775. The number of aryl methyl sites for hydroxylation is 1. The van der Waals surface area contributed by atoms with Crippen LogP contribution in [-0.4, -0.2) is 48.4 Å². The standard InChI is InChI=1S/C20H23BrFN3O/c1-15-4-2-3-5-16(15)13-24-8-10-25(11-9-24)14-20(26)23-19-7-6-17(21)12-18(19)22/h2-7,12H,8-11,13-14H2,1H3,(H,23,26). The SMILES string of the molecule is Cc1ccccc1CN1CCN(CC(=O)Nc2ccc(Br)cc2F)CC1. The Morgan fingerprint density at radius 1 is 1.12 bits per heavy atom. The molecule has 0 bridgehead atoms. The van der Waals surface area contributed by atoms with Crippen LogP contribution in [0.1, 0.15) is 11.1 Å². The minimum absolute atomic E-state index is 0.182. The van der Waals surface area contributed by atoms with E-state index in [2.05, 4.69) is 62.2 Å². The molecule has 3 rings (SSSR count). The van der Waals surface area contributed by atoms with Crippen molar-refractivity contribution in [3.63, 3.8) is 0 Å². The number of hydrogen-bond donors (Lipinski definition) is 1. The van der Waals surface area contributed by atoms with Gasteiger partial charge in [-0.2, -0.15) is 0 Å². The first-order valence-corrected chi connectivity index (χ1v) is 9.54. The zero-order valence-electron chi connectivity index (χ0n) is 14.8. The molecular formula is C20H23BrFN3O. The molecular weight excluding hydrogens is 397 g/mol. The highest BCUT2D eigenvalue weighted by Crippen LogP contribution is 2.19. The summed E-state index contributed by atoms with van der Waals surface area (Å²) in [5.74, 6) is -0.616. The summed E-state index contributed by atoms with van der Waals surface area (Å²) >= 11 is 3.21. The maximum atomic E-state index is 13.8. The molecule has 6 heteroatoms. The largest absolute Gasteiger partial charge is 0.322 e. The third kappa shape index (κ3) is 5.13. The molecule has 1 fully saturated rings. The fourth-order valence-electron chi connectivity index (χ4n) is 3.12. The normalized spacial score (nSPS) is 15.8. The Hall–Kier alpha value is -1.76. The average molecular weight is 420 g/mol. The van der Waals surface area contributed by atoms with Crippen molar-refractivity contribution in [1.82, 2.24) is 9.80 Å². The van der Waals surface area contributed by atoms with Crippen molar-refractivity contribution in [2.75, 3.05) is 38.0 Å². The molecule has 0 spiro atoms. The van der Waals surface area contributed by atoms with Gasteiger partial charge in [0.2, 0.25) is 5.91 Å². The zero-order chi connectivity index (χ0) is 18.5. The summed E-state index contributed by atoms with van der Waals surface area (Å²) < 4.78 is 14.5. The lowest BCUT2D eigenvalue weighted by Gasteiger charge is -2.34. The van der Waals surface area contributed by atoms with Gasteiger partial charge in [0.25, 0.3) is 0 Å². The third-order valence-corrected chi connectivity index (χ3v) is 5.19. The summed E-state index contributed by atoms with van der Waals surface area (Å²) in [4.78, 5) is 16.7. The Balaban J connectivity index is 1.46. The molecule has 0 atom stereocenters. The fraction of sp³-hybridized carbons (Fsp3) is 0.350. The lowest BCUT2D eigenvalue weighted by molar-refractivity contribution is -0.117. The van der Waals surface area contributed by atoms with E-state index in [9.17, 15) is 9.18 Å². The molecule has 2 aromatic carbocycles. The predicted molar refractivity (Wildman–Crippen MR) is 106 cm³/mol. The van der Waals surface area contributed by atoms with Crippen LogP contribution < -0.4 is 5.32 Å². The van der Waals surface area contributed by atoms with Gasteiger partial charge >= 0.3 is 0 Å². The number of benzene rings is 2. The highest BCUT2D eigenvalue weighted by Gasteiger charge is 2.20. The van der Waals surface area contributed by atoms with Crippen LogP contribution in [0.5, 0.6) is 0 Å². The van der Waals surface area contributed by atoms with E-state index >= 15 is 0 Å². The molecule has 138 valence electrons. The van der Waals surface area contributed by atoms with Gasteiger partial charge in [0.1, 0.15) is 5.82 Å². The Labute approximate surface area is 162 Å². The Morgan fingerprint density at radius 2 is 1.81 bits per heavy atom. The first-order valence-electron chi connectivity index (χ1n) is 8.75. The lowest BCUT2D eigenvalue weighted by atomic mass is 10.1. The number of carbonyl (C=O) groups is 1. The molecule has 4 nitrogen and oxygen atoms in total. The van der Waals surface area contributed by atoms with Crippen molar-refractivity contribution in [3.8, 4) is 0 Å². The number of hydrogen-bond acceptors (Lipinski definition) is 3. The summed E-state index contributed by atoms with van der Waals surface area (Å²) in [6, 6.07) is 13.1. The van der Waals surface area contributed by atoms with Gasteiger partial charge in [0.15, 0.2) is 0 Å². The highest BCUT2D eigenvalue weighted by molar-refractivity contribution is 9.10. The number of amides is 1. The van der Waals surface area contributed by atoms with E-state index < -0.39 is 5.82 Å². The number of piperazine rings is 1. The molecule has 1 aliphatic heterocycles. The second kappa shape index (κ2) is 8.75. The number of nitrogens with zero attached hydrogens (tertiary/aromatic N) is 2. The highest BCUT2D eigenvalue weighted by atomic mass is 79.9. The van der Waals surface area contributed by atoms with E-state index in [0.717, 1.165) is 32.7 Å². The molecule has 1 amide bonds. The molecule has 1 aliphatic rings. The summed E-state index contributed by atoms with van der Waals surface area (Å²) in [6.07, 6.45) is 0. The van der Waals surface area contributed by atoms with Crippen LogP contribution in [0, 0.1) is 12.7 Å². The molecule has 1 N–H and O–H groups in total. The monoisotopic (exact) mass is 419 g/mol. The maximum Gasteiger partial charge on any atom is 0.238 e. The van der Waals surface area contributed by atoms with Crippen LogP contribution in [0.2, 0.25) is 0 Å². The number of nitrogens with one attached hydrogen (secondary N) is 1. The molecule has 0 radical (unpaired) electrons. The van der Waals surface area contributed by atoms with Crippen molar-refractivity contribution in [3.05, 3.63) is 63.9 Å². The van der Waals surface area contributed by atoms with Crippen molar-refractivity contribution < 1.29 is 9.18 Å². The summed E-state index contributed by atoms with van der Waals surface area (Å²) in [5.41, 5.74) is 2.88. The smallest absolute Gasteiger partial charge is 0.238 e. The fourth-order valence-corrected chi connectivity index (χ4v) is 3.45. The van der Waals surface area contributed by atoms with Crippen molar-refractivity contribution in [2.24, 2.45) is 0 Å². The number of anilines is 1. The maximum absolute atomic E-state index is 13.8. The van der Waals surface area contributed by atoms with Gasteiger partial charge in [-0.15, -0.1) is 0 Å². The number of rotatable bonds is 5. The first kappa shape index (κ1) is 19.0. The van der Waals surface area contributed by atoms with E-state index in [0.29, 0.717) is 4.47 Å². The van der Waals surface area contributed by atoms with E-state index in [1.165, 1.54) is 17.2 Å². The second-order valence-electron chi connectivity index (χ2n) is 6.65. The number of carbonyl (C=O) groups excluding carboxylic acids is 1. The third-order valence-electron chi connectivity index (χ3n) is 4.69. The summed E-state index contributed by atoms with van der Waals surface area (Å²) in [6.45, 7) is 6.88. The topological polar surface area (TPSA) is 35.6 Å². The molecule has 1 saturated heterocycles. The predicted octanol–water partition coefficient (Wildman–Crippen LogP) is 3.65. The van der Waals surface area contributed by atoms with Crippen molar-refractivity contribution in [2.45, 2.75) is 13.5 Å². The molecule has 1 heterocycles. The van der Waals surface area contributed by atoms with Gasteiger partial charge in [-0.25, -0.2) is 4.39 Å². The minimum Gasteiger partial charge on any atom is -0.322 e. The summed E-state index contributed by atoms with van der Waals surface area (Å²) in [7, 11) is 0. The van der Waals surface area contributed by atoms with Gasteiger partial charge in [-0.05, 0) is 36.2 Å². The second-order valence-corrected chi connectivity index (χ2v) is 7.57. The quantitative estimate of drug-likeness (QED) is 0.802. The van der Waals surface area contributed by atoms with Gasteiger partial charge in [0, 0.05) is 37.2 Å². The zero-order valence-corrected chi connectivity index (χ0v) is 16.4. The molecule has 0 saturated carbocycles. The van der Waals surface area contributed by atoms with Crippen LogP contribution >= 0.6 is 15.9 Å². The van der Waals surface area contributed by atoms with Crippen molar-refractivity contribution in [1.29, 1.82) is 0 Å². The molecule has 0 aromatic heterocycles. The Kier molecular flexibility index (Phi) is 6.40. The van der Waals surface area contributed by atoms with Crippen LogP contribution in [0.25, 0.3) is 0 Å². The first-order chi connectivity index (χ1) is 12.5. The molecule has 0 unspecified atom stereocenters. The Morgan fingerprint density at radius 3 is 2.50 bits per heavy atom. The average Bonchev–Trinajstić information content (AvgIpc) is 2.61. The van der Waals surface area contributed by atoms with Gasteiger partial charge in [0.05, 0.1) is 12.2 Å². The molecule has 2 aromatic rings. The van der Waals surface area contributed by atoms with Crippen LogP contribution in [0.3, 0.4) is 0 Å². The van der Waals surface area contributed by atoms with Crippen LogP contribution in [0.4, 0.5) is 10.1 Å². The van der Waals surface area contributed by atoms with E-state index in [1.54, 1.807) is 12.1 Å². The van der Waals surface area contributed by atoms with Crippen molar-refractivity contribution >= 4 is 27.5 Å².